The molecule has 22 heavy (non-hydrogen) atoms. The van der Waals surface area contributed by atoms with Crippen molar-refractivity contribution in [3.8, 4) is 0 Å². The van der Waals surface area contributed by atoms with Gasteiger partial charge in [0.2, 0.25) is 0 Å². The highest BCUT2D eigenvalue weighted by molar-refractivity contribution is 6.21. The number of benzene rings is 1. The molecule has 0 amide bonds. The van der Waals surface area contributed by atoms with Crippen LogP contribution in [0.15, 0.2) is 52.7 Å². The number of oxime groups is 1. The van der Waals surface area contributed by atoms with Crippen LogP contribution in [0.25, 0.3) is 0 Å². The first-order valence-corrected chi connectivity index (χ1v) is 6.88. The fraction of sp³-hybridized carbons (Fsp3) is 0.235. The summed E-state index contributed by atoms with van der Waals surface area (Å²) in [6.45, 7) is 5.48. The predicted octanol–water partition coefficient (Wildman–Crippen LogP) is 3.45. The van der Waals surface area contributed by atoms with E-state index in [1.54, 1.807) is 13.0 Å². The number of rotatable bonds is 3. The SMILES string of the molecule is CC1=CC(=O)C(C(C)C)=CC1=NOC(=O)c1ccccc1F. The van der Waals surface area contributed by atoms with Crippen LogP contribution in [0.2, 0.25) is 0 Å². The molecule has 2 rings (SSSR count). The van der Waals surface area contributed by atoms with Crippen molar-refractivity contribution in [3.05, 3.63) is 58.9 Å². The second-order valence-corrected chi connectivity index (χ2v) is 5.28. The van der Waals surface area contributed by atoms with Crippen molar-refractivity contribution in [2.75, 3.05) is 0 Å². The molecule has 0 heterocycles. The maximum Gasteiger partial charge on any atom is 0.368 e. The lowest BCUT2D eigenvalue weighted by molar-refractivity contribution is -0.111. The quantitative estimate of drug-likeness (QED) is 0.488. The maximum absolute atomic E-state index is 13.5. The van der Waals surface area contributed by atoms with Gasteiger partial charge in [0, 0.05) is 5.57 Å². The van der Waals surface area contributed by atoms with E-state index in [9.17, 15) is 14.0 Å². The van der Waals surface area contributed by atoms with Crippen molar-refractivity contribution in [3.63, 3.8) is 0 Å². The molecule has 0 radical (unpaired) electrons. The van der Waals surface area contributed by atoms with Crippen molar-refractivity contribution >= 4 is 17.5 Å². The fourth-order valence-electron chi connectivity index (χ4n) is 2.00. The molecule has 0 fully saturated rings. The van der Waals surface area contributed by atoms with Gasteiger partial charge in [-0.25, -0.2) is 9.18 Å². The van der Waals surface area contributed by atoms with Crippen molar-refractivity contribution in [1.29, 1.82) is 0 Å². The number of hydrogen-bond donors (Lipinski definition) is 0. The van der Waals surface area contributed by atoms with Crippen LogP contribution in [0, 0.1) is 11.7 Å². The standard InChI is InChI=1S/C17H16FNO3/c1-10(2)13-9-15(11(3)8-16(13)20)19-22-17(21)12-6-4-5-7-14(12)18/h4-10H,1-3H3. The zero-order valence-electron chi connectivity index (χ0n) is 12.6. The number of hydrogen-bond acceptors (Lipinski definition) is 4. The van der Waals surface area contributed by atoms with Crippen molar-refractivity contribution in [1.82, 2.24) is 0 Å². The third-order valence-corrected chi connectivity index (χ3v) is 3.27. The summed E-state index contributed by atoms with van der Waals surface area (Å²) in [4.78, 5) is 28.5. The minimum atomic E-state index is -0.880. The van der Waals surface area contributed by atoms with Crippen LogP contribution in [-0.4, -0.2) is 17.5 Å². The highest BCUT2D eigenvalue weighted by Gasteiger charge is 2.20. The third-order valence-electron chi connectivity index (χ3n) is 3.27. The normalized spacial score (nSPS) is 16.6. The summed E-state index contributed by atoms with van der Waals surface area (Å²) in [6, 6.07) is 5.51. The predicted molar refractivity (Wildman–Crippen MR) is 80.9 cm³/mol. The molecule has 1 aliphatic rings. The number of ketones is 1. The molecule has 0 N–H and O–H groups in total. The van der Waals surface area contributed by atoms with E-state index in [0.717, 1.165) is 0 Å². The molecule has 0 unspecified atom stereocenters. The first-order chi connectivity index (χ1) is 10.4. The Kier molecular flexibility index (Phi) is 4.65. The van der Waals surface area contributed by atoms with Crippen LogP contribution in [0.4, 0.5) is 4.39 Å². The highest BCUT2D eigenvalue weighted by Crippen LogP contribution is 2.19. The smallest absolute Gasteiger partial charge is 0.312 e. The van der Waals surface area contributed by atoms with Crippen molar-refractivity contribution in [2.24, 2.45) is 11.1 Å². The molecule has 1 aliphatic carbocycles. The fourth-order valence-corrected chi connectivity index (χ4v) is 2.00. The van der Waals surface area contributed by atoms with Gasteiger partial charge < -0.3 is 4.84 Å². The Labute approximate surface area is 128 Å². The molecule has 4 nitrogen and oxygen atoms in total. The second kappa shape index (κ2) is 6.47. The molecule has 0 aromatic heterocycles. The van der Waals surface area contributed by atoms with Gasteiger partial charge in [0.05, 0.1) is 5.56 Å². The molecule has 114 valence electrons. The first kappa shape index (κ1) is 15.8. The summed E-state index contributed by atoms with van der Waals surface area (Å²) in [5.74, 6) is -1.59. The van der Waals surface area contributed by atoms with Gasteiger partial charge in [0.1, 0.15) is 11.5 Å². The number of nitrogens with zero attached hydrogens (tertiary/aromatic N) is 1. The molecule has 1 aromatic carbocycles. The van der Waals surface area contributed by atoms with Crippen LogP contribution in [0.5, 0.6) is 0 Å². The van der Waals surface area contributed by atoms with Gasteiger partial charge in [-0.2, -0.15) is 0 Å². The summed E-state index contributed by atoms with van der Waals surface area (Å²) in [5, 5.41) is 3.75. The minimum absolute atomic E-state index is 0.0318. The van der Waals surface area contributed by atoms with E-state index in [1.807, 2.05) is 13.8 Å². The van der Waals surface area contributed by atoms with Gasteiger partial charge >= 0.3 is 5.97 Å². The van der Waals surface area contributed by atoms with Gasteiger partial charge in [-0.3, -0.25) is 4.79 Å². The van der Waals surface area contributed by atoms with Crippen LogP contribution >= 0.6 is 0 Å². The number of carbonyl (C=O) groups excluding carboxylic acids is 2. The summed E-state index contributed by atoms with van der Waals surface area (Å²) >= 11 is 0. The molecular weight excluding hydrogens is 285 g/mol. The number of halogens is 1. The van der Waals surface area contributed by atoms with E-state index in [2.05, 4.69) is 5.16 Å². The summed E-state index contributed by atoms with van der Waals surface area (Å²) in [7, 11) is 0. The van der Waals surface area contributed by atoms with Crippen molar-refractivity contribution < 1.29 is 18.8 Å². The Morgan fingerprint density at radius 1 is 1.23 bits per heavy atom. The van der Waals surface area contributed by atoms with E-state index < -0.39 is 11.8 Å². The molecular formula is C17H16FNO3. The first-order valence-electron chi connectivity index (χ1n) is 6.88. The summed E-state index contributed by atoms with van der Waals surface area (Å²) in [5.41, 5.74) is 1.38. The van der Waals surface area contributed by atoms with Gasteiger partial charge in [0.25, 0.3) is 0 Å². The van der Waals surface area contributed by atoms with Crippen LogP contribution in [-0.2, 0) is 9.63 Å². The third kappa shape index (κ3) is 3.36. The Bertz CT molecular complexity index is 714. The largest absolute Gasteiger partial charge is 0.368 e. The average Bonchev–Trinajstić information content (AvgIpc) is 2.46. The molecule has 0 saturated heterocycles. The van der Waals surface area contributed by atoms with E-state index in [-0.39, 0.29) is 17.3 Å². The topological polar surface area (TPSA) is 55.7 Å². The van der Waals surface area contributed by atoms with Gasteiger partial charge in [-0.15, -0.1) is 0 Å². The van der Waals surface area contributed by atoms with Crippen LogP contribution in [0.1, 0.15) is 31.1 Å². The maximum atomic E-state index is 13.5. The number of allylic oxidation sites excluding steroid dienone is 4. The Morgan fingerprint density at radius 3 is 2.55 bits per heavy atom. The average molecular weight is 301 g/mol. The summed E-state index contributed by atoms with van der Waals surface area (Å²) < 4.78 is 13.5. The zero-order valence-corrected chi connectivity index (χ0v) is 12.6. The van der Waals surface area contributed by atoms with E-state index in [0.29, 0.717) is 16.9 Å². The molecule has 0 atom stereocenters. The lowest BCUT2D eigenvalue weighted by Crippen LogP contribution is -2.16. The minimum Gasteiger partial charge on any atom is -0.312 e. The Balaban J connectivity index is 2.22. The molecule has 5 heteroatoms. The monoisotopic (exact) mass is 301 g/mol. The molecule has 0 saturated carbocycles. The van der Waals surface area contributed by atoms with Crippen molar-refractivity contribution in [2.45, 2.75) is 20.8 Å². The van der Waals surface area contributed by atoms with E-state index in [1.165, 1.54) is 30.3 Å². The highest BCUT2D eigenvalue weighted by atomic mass is 19.1. The molecule has 1 aromatic rings. The molecule has 0 bridgehead atoms. The van der Waals surface area contributed by atoms with Crippen LogP contribution < -0.4 is 0 Å². The van der Waals surface area contributed by atoms with E-state index in [4.69, 9.17) is 4.84 Å². The lowest BCUT2D eigenvalue weighted by Gasteiger charge is -2.14. The van der Waals surface area contributed by atoms with Gasteiger partial charge in [0.15, 0.2) is 5.78 Å². The number of carbonyl (C=O) groups is 2. The molecule has 0 spiro atoms. The van der Waals surface area contributed by atoms with Crippen LogP contribution in [0.3, 0.4) is 0 Å². The lowest BCUT2D eigenvalue weighted by atomic mass is 9.90. The Hall–Kier alpha value is -2.56. The Morgan fingerprint density at radius 2 is 1.91 bits per heavy atom. The van der Waals surface area contributed by atoms with Gasteiger partial charge in [-0.05, 0) is 42.7 Å². The molecule has 0 aliphatic heterocycles. The second-order valence-electron chi connectivity index (χ2n) is 5.28. The summed E-state index contributed by atoms with van der Waals surface area (Å²) in [6.07, 6.45) is 3.04. The van der Waals surface area contributed by atoms with Gasteiger partial charge in [-0.1, -0.05) is 31.1 Å². The zero-order chi connectivity index (χ0) is 16.3. The van der Waals surface area contributed by atoms with E-state index >= 15 is 0 Å².